The number of hydrogen-bond acceptors (Lipinski definition) is 10. The number of nitrogen functional groups attached to an aromatic ring is 5. The molecule has 1 unspecified atom stereocenters. The van der Waals surface area contributed by atoms with E-state index in [2.05, 4.69) is 90.7 Å². The van der Waals surface area contributed by atoms with E-state index in [9.17, 15) is 0 Å². The van der Waals surface area contributed by atoms with E-state index in [-0.39, 0.29) is 0 Å². The van der Waals surface area contributed by atoms with E-state index in [0.717, 1.165) is 113 Å². The van der Waals surface area contributed by atoms with Gasteiger partial charge in [-0.2, -0.15) is 0 Å². The van der Waals surface area contributed by atoms with Crippen molar-refractivity contribution in [3.05, 3.63) is 97.1 Å². The highest BCUT2D eigenvalue weighted by molar-refractivity contribution is 5.68. The Morgan fingerprint density at radius 2 is 0.914 bits per heavy atom. The molecule has 0 radical (unpaired) electrons. The number of benzene rings is 4. The molecule has 4 aromatic carbocycles. The Morgan fingerprint density at radius 1 is 0.466 bits per heavy atom. The summed E-state index contributed by atoms with van der Waals surface area (Å²) in [5, 5.41) is 3.24. The maximum atomic E-state index is 6.35. The van der Waals surface area contributed by atoms with Crippen molar-refractivity contribution in [1.29, 1.82) is 0 Å². The van der Waals surface area contributed by atoms with Crippen molar-refractivity contribution in [2.75, 3.05) is 116 Å². The number of nitrogens with two attached hydrogens (primary N) is 5. The Morgan fingerprint density at radius 3 is 1.34 bits per heavy atom. The first-order chi connectivity index (χ1) is 28.1. The molecule has 0 saturated carbocycles. The average molecular weight is 797 g/mol. The number of likely N-dealkylation sites (N-methyl/N-ethyl adjacent to an activating group) is 1. The minimum absolute atomic E-state index is 0.646. The summed E-state index contributed by atoms with van der Waals surface area (Å²) < 4.78 is 0. The molecule has 10 heteroatoms. The molecule has 0 heterocycles. The molecule has 58 heavy (non-hydrogen) atoms. The highest BCUT2D eigenvalue weighted by Gasteiger charge is 2.16. The molecule has 0 aliphatic carbocycles. The molecule has 0 aromatic heterocycles. The van der Waals surface area contributed by atoms with E-state index in [1.807, 2.05) is 60.7 Å². The van der Waals surface area contributed by atoms with Gasteiger partial charge in [-0.1, -0.05) is 96.5 Å². The van der Waals surface area contributed by atoms with Crippen LogP contribution in [0.2, 0.25) is 0 Å². The summed E-state index contributed by atoms with van der Waals surface area (Å²) in [6, 6.07) is 31.6. The predicted molar refractivity (Wildman–Crippen MR) is 259 cm³/mol. The fraction of sp³-hybridized carbons (Fsp3) is 0.500. The number of hydrogen-bond donors (Lipinski definition) is 6. The molecule has 0 aliphatic heterocycles. The van der Waals surface area contributed by atoms with Crippen molar-refractivity contribution in [2.24, 2.45) is 5.92 Å². The summed E-state index contributed by atoms with van der Waals surface area (Å²) in [7, 11) is 0. The highest BCUT2D eigenvalue weighted by Crippen LogP contribution is 2.24. The van der Waals surface area contributed by atoms with Gasteiger partial charge in [-0.15, -0.1) is 0 Å². The van der Waals surface area contributed by atoms with E-state index >= 15 is 0 Å². The van der Waals surface area contributed by atoms with Gasteiger partial charge in [0.25, 0.3) is 0 Å². The lowest BCUT2D eigenvalue weighted by Crippen LogP contribution is -2.40. The molecule has 4 rings (SSSR count). The van der Waals surface area contributed by atoms with Crippen LogP contribution in [0, 0.1) is 5.92 Å². The van der Waals surface area contributed by atoms with Crippen LogP contribution < -0.4 is 43.8 Å². The van der Waals surface area contributed by atoms with Gasteiger partial charge in [0.2, 0.25) is 0 Å². The van der Waals surface area contributed by atoms with Crippen LogP contribution in [0.3, 0.4) is 0 Å². The van der Waals surface area contributed by atoms with Crippen LogP contribution >= 0.6 is 0 Å². The Kier molecular flexibility index (Phi) is 25.0. The number of para-hydroxylation sites is 8. The summed E-state index contributed by atoms with van der Waals surface area (Å²) in [6.07, 6.45) is 7.09. The Bertz CT molecular complexity index is 1610. The lowest BCUT2D eigenvalue weighted by atomic mass is 10.1. The first kappa shape index (κ1) is 49.3. The number of nitrogens with zero attached hydrogens (tertiary/aromatic N) is 4. The zero-order chi connectivity index (χ0) is 42.5. The molecule has 322 valence electrons. The van der Waals surface area contributed by atoms with Gasteiger partial charge in [0.05, 0.1) is 45.5 Å². The molecule has 0 aliphatic rings. The molecular formula is C48H80N10. The van der Waals surface area contributed by atoms with Gasteiger partial charge >= 0.3 is 0 Å². The van der Waals surface area contributed by atoms with E-state index in [1.54, 1.807) is 12.1 Å². The SMILES string of the molecule is CCCC(C)CN(CCCN(CC)CCN(CCC)c1ccccc1N)CCN(CCC)c1ccccc1N.CCCNc1ccccc1N.Nc1ccccc1N. The van der Waals surface area contributed by atoms with E-state index in [4.69, 9.17) is 28.7 Å². The zero-order valence-electron chi connectivity index (χ0n) is 37.0. The van der Waals surface area contributed by atoms with Gasteiger partial charge in [0, 0.05) is 52.4 Å². The second kappa shape index (κ2) is 29.4. The van der Waals surface area contributed by atoms with Gasteiger partial charge in [0.1, 0.15) is 0 Å². The molecule has 0 spiro atoms. The van der Waals surface area contributed by atoms with E-state index in [1.165, 1.54) is 37.2 Å². The van der Waals surface area contributed by atoms with Crippen LogP contribution in [0.5, 0.6) is 0 Å². The summed E-state index contributed by atoms with van der Waals surface area (Å²) >= 11 is 0. The first-order valence-electron chi connectivity index (χ1n) is 21.9. The van der Waals surface area contributed by atoms with Crippen LogP contribution in [-0.2, 0) is 0 Å². The molecule has 0 bridgehead atoms. The van der Waals surface area contributed by atoms with Crippen molar-refractivity contribution in [3.8, 4) is 0 Å². The van der Waals surface area contributed by atoms with Crippen molar-refractivity contribution in [2.45, 2.75) is 80.1 Å². The monoisotopic (exact) mass is 797 g/mol. The molecule has 4 aromatic rings. The fourth-order valence-corrected chi connectivity index (χ4v) is 7.01. The summed E-state index contributed by atoms with van der Waals surface area (Å²) in [5.74, 6) is 0.720. The van der Waals surface area contributed by atoms with Crippen LogP contribution in [0.15, 0.2) is 97.1 Å². The molecule has 1 atom stereocenters. The lowest BCUT2D eigenvalue weighted by molar-refractivity contribution is 0.211. The lowest BCUT2D eigenvalue weighted by Gasteiger charge is -2.32. The van der Waals surface area contributed by atoms with Crippen LogP contribution in [0.25, 0.3) is 0 Å². The van der Waals surface area contributed by atoms with Crippen LogP contribution in [0.1, 0.15) is 80.1 Å². The third-order valence-electron chi connectivity index (χ3n) is 10.2. The smallest absolute Gasteiger partial charge is 0.0600 e. The Labute approximate surface area is 353 Å². The summed E-state index contributed by atoms with van der Waals surface area (Å²) in [6.45, 7) is 25.4. The second-order valence-corrected chi connectivity index (χ2v) is 15.2. The first-order valence-corrected chi connectivity index (χ1v) is 21.9. The second-order valence-electron chi connectivity index (χ2n) is 15.2. The minimum Gasteiger partial charge on any atom is -0.397 e. The zero-order valence-corrected chi connectivity index (χ0v) is 37.0. The van der Waals surface area contributed by atoms with Crippen molar-refractivity contribution >= 4 is 45.5 Å². The quantitative estimate of drug-likeness (QED) is 0.0378. The maximum Gasteiger partial charge on any atom is 0.0600 e. The van der Waals surface area contributed by atoms with E-state index < -0.39 is 0 Å². The standard InChI is InChI=1S/C33H58N6.C9H14N2.C6H8N2/c1-6-15-29(5)28-37(25-27-39(21-8-3)33-19-13-11-17-31(33)35)23-14-22-36(9-4)24-26-38(20-7-2)32-18-12-10-16-30(32)34;1-2-7-11-9-6-4-3-5-8(9)10;7-5-3-1-2-4-6(5)8/h10-13,16-19,29H,6-9,14-15,20-28,34-35H2,1-5H3;3-6,11H,2,7,10H2,1H3;1-4H,7-8H2. The average Bonchev–Trinajstić information content (AvgIpc) is 3.22. The van der Waals surface area contributed by atoms with E-state index in [0.29, 0.717) is 11.4 Å². The van der Waals surface area contributed by atoms with Gasteiger partial charge < -0.3 is 53.6 Å². The third-order valence-corrected chi connectivity index (χ3v) is 10.2. The molecular weight excluding hydrogens is 717 g/mol. The van der Waals surface area contributed by atoms with Gasteiger partial charge in [-0.25, -0.2) is 0 Å². The third kappa shape index (κ3) is 19.1. The van der Waals surface area contributed by atoms with Crippen molar-refractivity contribution < 1.29 is 0 Å². The van der Waals surface area contributed by atoms with Gasteiger partial charge in [-0.3, -0.25) is 0 Å². The molecule has 11 N–H and O–H groups in total. The Balaban J connectivity index is 0.000000492. The summed E-state index contributed by atoms with van der Waals surface area (Å²) in [5.41, 5.74) is 36.4. The van der Waals surface area contributed by atoms with Crippen molar-refractivity contribution in [1.82, 2.24) is 9.80 Å². The Hall–Kier alpha value is -4.80. The number of nitrogens with one attached hydrogen (secondary N) is 1. The van der Waals surface area contributed by atoms with Crippen LogP contribution in [-0.4, -0.2) is 81.8 Å². The highest BCUT2D eigenvalue weighted by atomic mass is 15.2. The topological polar surface area (TPSA) is 155 Å². The largest absolute Gasteiger partial charge is 0.397 e. The molecule has 0 amide bonds. The van der Waals surface area contributed by atoms with Crippen LogP contribution in [0.4, 0.5) is 45.5 Å². The summed E-state index contributed by atoms with van der Waals surface area (Å²) in [4.78, 5) is 10.2. The molecule has 0 saturated heterocycles. The predicted octanol–water partition coefficient (Wildman–Crippen LogP) is 9.38. The fourth-order valence-electron chi connectivity index (χ4n) is 7.01. The minimum atomic E-state index is 0.646. The maximum absolute atomic E-state index is 6.35. The molecule has 0 fully saturated rings. The normalized spacial score (nSPS) is 11.3. The van der Waals surface area contributed by atoms with Gasteiger partial charge in [0.15, 0.2) is 0 Å². The van der Waals surface area contributed by atoms with Crippen molar-refractivity contribution in [3.63, 3.8) is 0 Å². The number of rotatable bonds is 24. The van der Waals surface area contributed by atoms with Gasteiger partial charge in [-0.05, 0) is 106 Å². The number of anilines is 8. The molecule has 10 nitrogen and oxygen atoms in total.